The van der Waals surface area contributed by atoms with Crippen LogP contribution in [0.1, 0.15) is 5.56 Å². The Hall–Kier alpha value is -2.92. The van der Waals surface area contributed by atoms with Gasteiger partial charge in [-0.3, -0.25) is 4.79 Å². The van der Waals surface area contributed by atoms with Crippen molar-refractivity contribution in [3.63, 3.8) is 0 Å². The summed E-state index contributed by atoms with van der Waals surface area (Å²) < 4.78 is 26.0. The van der Waals surface area contributed by atoms with Gasteiger partial charge in [0.25, 0.3) is 5.91 Å². The van der Waals surface area contributed by atoms with Gasteiger partial charge in [0.15, 0.2) is 6.67 Å². The van der Waals surface area contributed by atoms with Gasteiger partial charge in [0, 0.05) is 11.3 Å². The Labute approximate surface area is 161 Å². The third-order valence-electron chi connectivity index (χ3n) is 4.06. The van der Waals surface area contributed by atoms with Crippen molar-refractivity contribution in [3.8, 4) is 11.1 Å². The van der Waals surface area contributed by atoms with Gasteiger partial charge in [0.05, 0.1) is 16.4 Å². The fourth-order valence-electron chi connectivity index (χ4n) is 2.75. The van der Waals surface area contributed by atoms with E-state index in [2.05, 4.69) is 10.6 Å². The molecule has 138 valence electrons. The summed E-state index contributed by atoms with van der Waals surface area (Å²) >= 11 is 6.45. The van der Waals surface area contributed by atoms with Gasteiger partial charge in [-0.25, -0.2) is 8.78 Å². The molecule has 3 aromatic rings. The molecule has 3 aromatic carbocycles. The van der Waals surface area contributed by atoms with E-state index in [1.165, 1.54) is 12.1 Å². The summed E-state index contributed by atoms with van der Waals surface area (Å²) in [6, 6.07) is 17.2. The maximum absolute atomic E-state index is 13.5. The van der Waals surface area contributed by atoms with Crippen LogP contribution in [-0.2, 0) is 4.79 Å². The molecule has 0 heterocycles. The molecule has 0 aliphatic rings. The first-order chi connectivity index (χ1) is 13.0. The molecule has 0 aliphatic heterocycles. The van der Waals surface area contributed by atoms with Crippen LogP contribution in [0, 0.1) is 12.7 Å². The highest BCUT2D eigenvalue weighted by Gasteiger charge is 2.11. The highest BCUT2D eigenvalue weighted by Crippen LogP contribution is 2.34. The minimum atomic E-state index is -1.19. The number of nitrogens with one attached hydrogen (secondary N) is 2. The first-order valence-corrected chi connectivity index (χ1v) is 8.63. The first-order valence-electron chi connectivity index (χ1n) is 8.26. The second-order valence-corrected chi connectivity index (χ2v) is 6.41. The Bertz CT molecular complexity index is 992. The van der Waals surface area contributed by atoms with Crippen LogP contribution in [0.5, 0.6) is 0 Å². The highest BCUT2D eigenvalue weighted by molar-refractivity contribution is 6.33. The van der Waals surface area contributed by atoms with Crippen LogP contribution in [0.2, 0.25) is 5.02 Å². The molecule has 0 saturated heterocycles. The van der Waals surface area contributed by atoms with E-state index in [0.29, 0.717) is 16.4 Å². The van der Waals surface area contributed by atoms with Gasteiger partial charge >= 0.3 is 0 Å². The number of aryl methyl sites for hydroxylation is 1. The molecule has 3 rings (SSSR count). The number of carbonyl (C=O) groups excluding carboxylic acids is 1. The fourth-order valence-corrected chi connectivity index (χ4v) is 3.04. The van der Waals surface area contributed by atoms with E-state index >= 15 is 0 Å². The smallest absolute Gasteiger partial charge is 0.255 e. The molecule has 0 spiro atoms. The van der Waals surface area contributed by atoms with E-state index in [1.54, 1.807) is 6.07 Å². The molecule has 0 aliphatic carbocycles. The molecule has 0 bridgehead atoms. The maximum Gasteiger partial charge on any atom is 0.255 e. The van der Waals surface area contributed by atoms with Crippen molar-refractivity contribution in [1.82, 2.24) is 0 Å². The predicted molar refractivity (Wildman–Crippen MR) is 106 cm³/mol. The minimum absolute atomic E-state index is 0.150. The van der Waals surface area contributed by atoms with E-state index < -0.39 is 18.4 Å². The fraction of sp³-hybridized carbons (Fsp3) is 0.0952. The summed E-state index contributed by atoms with van der Waals surface area (Å²) in [6.07, 6.45) is 0. The van der Waals surface area contributed by atoms with Crippen LogP contribution in [0.3, 0.4) is 0 Å². The predicted octanol–water partition coefficient (Wildman–Crippen LogP) is 6.11. The summed E-state index contributed by atoms with van der Waals surface area (Å²) in [5.41, 5.74) is 4.27. The average molecular weight is 387 g/mol. The Morgan fingerprint density at radius 3 is 2.48 bits per heavy atom. The van der Waals surface area contributed by atoms with Crippen molar-refractivity contribution in [3.05, 3.63) is 77.1 Å². The van der Waals surface area contributed by atoms with Gasteiger partial charge in [0.2, 0.25) is 0 Å². The van der Waals surface area contributed by atoms with E-state index in [1.807, 2.05) is 43.3 Å². The molecule has 3 nitrogen and oxygen atoms in total. The number of benzene rings is 3. The number of alkyl halides is 1. The third-order valence-corrected chi connectivity index (χ3v) is 4.37. The van der Waals surface area contributed by atoms with Crippen molar-refractivity contribution in [1.29, 1.82) is 0 Å². The number of halogens is 3. The summed E-state index contributed by atoms with van der Waals surface area (Å²) in [6.45, 7) is 0.822. The zero-order chi connectivity index (χ0) is 19.4. The molecular formula is C21H17ClF2N2O. The van der Waals surface area contributed by atoms with Crippen molar-refractivity contribution >= 4 is 34.6 Å². The van der Waals surface area contributed by atoms with Crippen molar-refractivity contribution in [2.24, 2.45) is 0 Å². The summed E-state index contributed by atoms with van der Waals surface area (Å²) in [5, 5.41) is 5.95. The molecule has 0 saturated carbocycles. The Morgan fingerprint density at radius 2 is 1.78 bits per heavy atom. The third kappa shape index (κ3) is 4.44. The Morgan fingerprint density at radius 1 is 1.00 bits per heavy atom. The standard InChI is InChI=1S/C21H17ClF2N2O/c1-13-4-2-3-5-16(13)17-8-7-15(11-18(17)22)25-19-9-6-14(24)10-20(19)26-21(27)12-23/h2-11,25H,12H2,1H3,(H,26,27). The number of anilines is 3. The topological polar surface area (TPSA) is 41.1 Å². The molecule has 0 aromatic heterocycles. The molecule has 6 heteroatoms. The molecule has 0 radical (unpaired) electrons. The van der Waals surface area contributed by atoms with Crippen LogP contribution in [0.25, 0.3) is 11.1 Å². The molecule has 0 fully saturated rings. The van der Waals surface area contributed by atoms with E-state index in [4.69, 9.17) is 11.6 Å². The molecular weight excluding hydrogens is 370 g/mol. The normalized spacial score (nSPS) is 10.5. The quantitative estimate of drug-likeness (QED) is 0.555. The number of hydrogen-bond acceptors (Lipinski definition) is 2. The molecule has 1 amide bonds. The first kappa shape index (κ1) is 18.9. The number of amides is 1. The van der Waals surface area contributed by atoms with Gasteiger partial charge in [0.1, 0.15) is 5.82 Å². The van der Waals surface area contributed by atoms with Crippen LogP contribution in [-0.4, -0.2) is 12.6 Å². The molecule has 0 atom stereocenters. The lowest BCUT2D eigenvalue weighted by molar-refractivity contribution is -0.117. The zero-order valence-corrected chi connectivity index (χ0v) is 15.3. The Kier molecular flexibility index (Phi) is 5.72. The lowest BCUT2D eigenvalue weighted by Gasteiger charge is -2.14. The summed E-state index contributed by atoms with van der Waals surface area (Å²) in [7, 11) is 0. The van der Waals surface area contributed by atoms with Crippen LogP contribution in [0.15, 0.2) is 60.7 Å². The van der Waals surface area contributed by atoms with Gasteiger partial charge in [-0.1, -0.05) is 41.9 Å². The van der Waals surface area contributed by atoms with E-state index in [9.17, 15) is 13.6 Å². The monoisotopic (exact) mass is 386 g/mol. The van der Waals surface area contributed by atoms with E-state index in [0.717, 1.165) is 22.8 Å². The van der Waals surface area contributed by atoms with Crippen molar-refractivity contribution in [2.75, 3.05) is 17.3 Å². The summed E-state index contributed by atoms with van der Waals surface area (Å²) in [5.74, 6) is -1.39. The number of hydrogen-bond donors (Lipinski definition) is 2. The molecule has 0 unspecified atom stereocenters. The lowest BCUT2D eigenvalue weighted by atomic mass is 10.0. The average Bonchev–Trinajstić information content (AvgIpc) is 2.65. The molecule has 27 heavy (non-hydrogen) atoms. The minimum Gasteiger partial charge on any atom is -0.354 e. The van der Waals surface area contributed by atoms with Gasteiger partial charge in [-0.2, -0.15) is 0 Å². The number of carbonyl (C=O) groups is 1. The molecule has 2 N–H and O–H groups in total. The van der Waals surface area contributed by atoms with Crippen molar-refractivity contribution in [2.45, 2.75) is 6.92 Å². The SMILES string of the molecule is Cc1ccccc1-c1ccc(Nc2ccc(F)cc2NC(=O)CF)cc1Cl. The second-order valence-electron chi connectivity index (χ2n) is 6.01. The largest absolute Gasteiger partial charge is 0.354 e. The van der Waals surface area contributed by atoms with E-state index in [-0.39, 0.29) is 5.69 Å². The van der Waals surface area contributed by atoms with Gasteiger partial charge in [-0.15, -0.1) is 0 Å². The van der Waals surface area contributed by atoms with Gasteiger partial charge in [-0.05, 0) is 48.4 Å². The summed E-state index contributed by atoms with van der Waals surface area (Å²) in [4.78, 5) is 11.3. The Balaban J connectivity index is 1.90. The lowest BCUT2D eigenvalue weighted by Crippen LogP contribution is -2.14. The maximum atomic E-state index is 13.5. The zero-order valence-electron chi connectivity index (χ0n) is 14.5. The number of rotatable bonds is 5. The van der Waals surface area contributed by atoms with Crippen molar-refractivity contribution < 1.29 is 13.6 Å². The van der Waals surface area contributed by atoms with Crippen LogP contribution < -0.4 is 10.6 Å². The van der Waals surface area contributed by atoms with Gasteiger partial charge < -0.3 is 10.6 Å². The highest BCUT2D eigenvalue weighted by atomic mass is 35.5. The second kappa shape index (κ2) is 8.18. The van der Waals surface area contributed by atoms with Crippen LogP contribution in [0.4, 0.5) is 25.8 Å². The van der Waals surface area contributed by atoms with Crippen LogP contribution >= 0.6 is 11.6 Å².